The van der Waals surface area contributed by atoms with Crippen LogP contribution in [0.1, 0.15) is 13.3 Å². The average Bonchev–Trinajstić information content (AvgIpc) is 2.63. The molecule has 0 aromatic heterocycles. The Hall–Kier alpha value is -1.75. The van der Waals surface area contributed by atoms with E-state index >= 15 is 0 Å². The molecule has 0 bridgehead atoms. The van der Waals surface area contributed by atoms with Crippen LogP contribution < -0.4 is 15.0 Å². The van der Waals surface area contributed by atoms with Crippen LogP contribution in [0.5, 0.6) is 5.75 Å². The second-order valence-corrected chi connectivity index (χ2v) is 7.07. The van der Waals surface area contributed by atoms with Gasteiger partial charge < -0.3 is 20.1 Å². The van der Waals surface area contributed by atoms with Gasteiger partial charge in [0.25, 0.3) is 0 Å². The number of ether oxygens (including phenoxy) is 1. The van der Waals surface area contributed by atoms with Gasteiger partial charge in [-0.1, -0.05) is 23.7 Å². The van der Waals surface area contributed by atoms with Crippen molar-refractivity contribution in [1.82, 2.24) is 5.32 Å². The van der Waals surface area contributed by atoms with E-state index in [1.54, 1.807) is 0 Å². The first-order valence-electron chi connectivity index (χ1n) is 8.59. The van der Waals surface area contributed by atoms with Gasteiger partial charge in [-0.2, -0.15) is 0 Å². The number of anilines is 1. The molecule has 2 N–H and O–H groups in total. The first-order valence-corrected chi connectivity index (χ1v) is 8.97. The zero-order chi connectivity index (χ0) is 17.7. The van der Waals surface area contributed by atoms with Gasteiger partial charge in [-0.3, -0.25) is 0 Å². The smallest absolute Gasteiger partial charge is 0.119 e. The number of hydrogen-bond acceptors (Lipinski definition) is 4. The van der Waals surface area contributed by atoms with Crippen molar-refractivity contribution in [2.75, 3.05) is 31.1 Å². The third-order valence-electron chi connectivity index (χ3n) is 4.70. The van der Waals surface area contributed by atoms with Crippen molar-refractivity contribution in [1.29, 1.82) is 0 Å². The third kappa shape index (κ3) is 4.66. The minimum absolute atomic E-state index is 0.383. The van der Waals surface area contributed by atoms with Gasteiger partial charge in [0, 0.05) is 36.8 Å². The van der Waals surface area contributed by atoms with Crippen LogP contribution >= 0.6 is 11.6 Å². The number of piperazine rings is 1. The summed E-state index contributed by atoms with van der Waals surface area (Å²) in [6, 6.07) is 18.2. The van der Waals surface area contributed by atoms with Crippen LogP contribution in [0.4, 0.5) is 5.69 Å². The molecule has 4 nitrogen and oxygen atoms in total. The Morgan fingerprint density at radius 1 is 1.28 bits per heavy atom. The van der Waals surface area contributed by atoms with Crippen molar-refractivity contribution >= 4 is 17.3 Å². The fourth-order valence-electron chi connectivity index (χ4n) is 3.18. The van der Waals surface area contributed by atoms with Gasteiger partial charge in [0.1, 0.15) is 5.75 Å². The first kappa shape index (κ1) is 18.1. The summed E-state index contributed by atoms with van der Waals surface area (Å²) in [7, 11) is 0. The predicted octanol–water partition coefficient (Wildman–Crippen LogP) is 3.14. The first-order chi connectivity index (χ1) is 12.1. The summed E-state index contributed by atoms with van der Waals surface area (Å²) in [6.07, 6.45) is 0.0641. The number of benzene rings is 2. The standard InChI is InChI=1S/C20H24ClN2O2/c1-20(19(24)11-14-25-18-5-3-2-4-6-18)15-23(13-12-22-20)17-9-7-16(21)8-10-17/h3-10,19,22,24H,11-15H2,1H3/t19?,20-/m0/s1. The Morgan fingerprint density at radius 2 is 2.00 bits per heavy atom. The number of aliphatic hydroxyl groups is 1. The fourth-order valence-corrected chi connectivity index (χ4v) is 3.30. The summed E-state index contributed by atoms with van der Waals surface area (Å²) in [5.41, 5.74) is 0.743. The zero-order valence-electron chi connectivity index (χ0n) is 14.4. The van der Waals surface area contributed by atoms with Crippen molar-refractivity contribution in [2.24, 2.45) is 0 Å². The highest BCUT2D eigenvalue weighted by Gasteiger charge is 2.37. The second kappa shape index (κ2) is 8.09. The van der Waals surface area contributed by atoms with Crippen molar-refractivity contribution in [3.8, 4) is 5.75 Å². The van der Waals surface area contributed by atoms with Crippen LogP contribution in [-0.4, -0.2) is 43.0 Å². The summed E-state index contributed by atoms with van der Waals surface area (Å²) in [5.74, 6) is 0.801. The summed E-state index contributed by atoms with van der Waals surface area (Å²) >= 11 is 5.98. The van der Waals surface area contributed by atoms with Crippen LogP contribution in [0.25, 0.3) is 0 Å². The normalized spacial score (nSPS) is 21.8. The van der Waals surface area contributed by atoms with E-state index in [2.05, 4.69) is 23.2 Å². The zero-order valence-corrected chi connectivity index (χ0v) is 15.2. The average molecular weight is 360 g/mol. The maximum Gasteiger partial charge on any atom is 0.119 e. The number of nitrogens with zero attached hydrogens (tertiary/aromatic N) is 1. The quantitative estimate of drug-likeness (QED) is 0.831. The number of hydrogen-bond donors (Lipinski definition) is 2. The van der Waals surface area contributed by atoms with Gasteiger partial charge in [0.2, 0.25) is 0 Å². The molecule has 1 fully saturated rings. The molecule has 5 heteroatoms. The van der Waals surface area contributed by atoms with E-state index in [1.165, 1.54) is 0 Å². The lowest BCUT2D eigenvalue weighted by atomic mass is 9.89. The molecule has 25 heavy (non-hydrogen) atoms. The molecular formula is C20H24ClN2O2. The van der Waals surface area contributed by atoms with E-state index in [-0.39, 0.29) is 5.54 Å². The number of halogens is 1. The lowest BCUT2D eigenvalue weighted by molar-refractivity contribution is 0.0480. The van der Waals surface area contributed by atoms with Crippen molar-refractivity contribution in [3.63, 3.8) is 0 Å². The molecule has 2 aromatic rings. The Morgan fingerprint density at radius 3 is 2.72 bits per heavy atom. The van der Waals surface area contributed by atoms with Crippen molar-refractivity contribution in [2.45, 2.75) is 25.0 Å². The summed E-state index contributed by atoms with van der Waals surface area (Å²) < 4.78 is 5.70. The molecule has 1 heterocycles. The lowest BCUT2D eigenvalue weighted by Gasteiger charge is -2.45. The third-order valence-corrected chi connectivity index (χ3v) is 4.96. The molecule has 2 atom stereocenters. The molecule has 0 amide bonds. The maximum absolute atomic E-state index is 10.7. The molecule has 1 unspecified atom stereocenters. The van der Waals surface area contributed by atoms with Crippen molar-refractivity contribution in [3.05, 3.63) is 59.6 Å². The minimum Gasteiger partial charge on any atom is -0.493 e. The van der Waals surface area contributed by atoms with E-state index in [0.29, 0.717) is 13.0 Å². The largest absolute Gasteiger partial charge is 0.493 e. The Labute approximate surface area is 154 Å². The van der Waals surface area contributed by atoms with Gasteiger partial charge >= 0.3 is 0 Å². The molecule has 3 rings (SSSR count). The number of aliphatic hydroxyl groups excluding tert-OH is 1. The van der Waals surface area contributed by atoms with Gasteiger partial charge in [-0.15, -0.1) is 0 Å². The van der Waals surface area contributed by atoms with E-state index in [0.717, 1.165) is 36.1 Å². The minimum atomic E-state index is -0.502. The Bertz CT molecular complexity index is 665. The van der Waals surface area contributed by atoms with Gasteiger partial charge in [0.15, 0.2) is 0 Å². The molecule has 1 saturated heterocycles. The predicted molar refractivity (Wildman–Crippen MR) is 101 cm³/mol. The highest BCUT2D eigenvalue weighted by Crippen LogP contribution is 2.25. The van der Waals surface area contributed by atoms with Crippen LogP contribution in [0.3, 0.4) is 0 Å². The number of nitrogens with one attached hydrogen (secondary N) is 1. The Kier molecular flexibility index (Phi) is 5.84. The molecule has 1 radical (unpaired) electrons. The Balaban J connectivity index is 1.56. The maximum atomic E-state index is 10.7. The molecule has 2 aromatic carbocycles. The van der Waals surface area contributed by atoms with Gasteiger partial charge in [-0.05, 0) is 49.4 Å². The summed E-state index contributed by atoms with van der Waals surface area (Å²) in [6.45, 7) is 5.00. The second-order valence-electron chi connectivity index (χ2n) is 6.63. The van der Waals surface area contributed by atoms with E-state index < -0.39 is 6.10 Å². The molecule has 0 spiro atoms. The molecule has 0 saturated carbocycles. The molecule has 1 aliphatic rings. The van der Waals surface area contributed by atoms with E-state index in [1.807, 2.05) is 48.5 Å². The van der Waals surface area contributed by atoms with Crippen LogP contribution in [0.15, 0.2) is 48.5 Å². The molecular weight excluding hydrogens is 336 g/mol. The monoisotopic (exact) mass is 359 g/mol. The van der Waals surface area contributed by atoms with Gasteiger partial charge in [-0.25, -0.2) is 0 Å². The molecule has 133 valence electrons. The highest BCUT2D eigenvalue weighted by atomic mass is 35.5. The van der Waals surface area contributed by atoms with Crippen LogP contribution in [0.2, 0.25) is 5.02 Å². The number of rotatable bonds is 6. The molecule has 1 aliphatic heterocycles. The topological polar surface area (TPSA) is 44.7 Å². The lowest BCUT2D eigenvalue weighted by Crippen LogP contribution is -2.64. The SMILES string of the molecule is C[C@@]1(C(O)CCOc2cc[c]cc2)CN(c2ccc(Cl)cc2)CCN1. The van der Waals surface area contributed by atoms with E-state index in [9.17, 15) is 5.11 Å². The van der Waals surface area contributed by atoms with Crippen LogP contribution in [-0.2, 0) is 0 Å². The van der Waals surface area contributed by atoms with Gasteiger partial charge in [0.05, 0.1) is 18.2 Å². The van der Waals surface area contributed by atoms with Crippen LogP contribution in [0, 0.1) is 6.07 Å². The fraction of sp³-hybridized carbons (Fsp3) is 0.400. The van der Waals surface area contributed by atoms with E-state index in [4.69, 9.17) is 16.3 Å². The highest BCUT2D eigenvalue weighted by molar-refractivity contribution is 6.30. The summed E-state index contributed by atoms with van der Waals surface area (Å²) in [4.78, 5) is 2.28. The molecule has 0 aliphatic carbocycles. The summed E-state index contributed by atoms with van der Waals surface area (Å²) in [5, 5.41) is 14.9. The van der Waals surface area contributed by atoms with Crippen molar-refractivity contribution < 1.29 is 9.84 Å².